The molecule has 0 saturated heterocycles. The third kappa shape index (κ3) is 4.49. The minimum Gasteiger partial charge on any atom is -0.497 e. The van der Waals surface area contributed by atoms with Gasteiger partial charge in [-0.05, 0) is 49.4 Å². The molecule has 0 aliphatic carbocycles. The Hall–Kier alpha value is -3.33. The molecule has 0 saturated carbocycles. The van der Waals surface area contributed by atoms with Gasteiger partial charge in [-0.15, -0.1) is 10.2 Å². The predicted molar refractivity (Wildman–Crippen MR) is 107 cm³/mol. The molecule has 0 spiro atoms. The van der Waals surface area contributed by atoms with Gasteiger partial charge in [0.2, 0.25) is 11.8 Å². The van der Waals surface area contributed by atoms with E-state index < -0.39 is 5.91 Å². The van der Waals surface area contributed by atoms with Crippen molar-refractivity contribution in [2.75, 3.05) is 18.2 Å². The standard InChI is InChI=1S/C19H19N5O3S/c1-12-22-23-19(24(12)15-6-8-16(27-2)9-7-15)28-11-17(25)21-14-5-3-4-13(10-14)18(20)26/h3-10H,11H2,1-2H3,(H2,20,26)(H,21,25). The number of benzene rings is 2. The van der Waals surface area contributed by atoms with Crippen molar-refractivity contribution < 1.29 is 14.3 Å². The number of hydrogen-bond donors (Lipinski definition) is 2. The molecule has 144 valence electrons. The van der Waals surface area contributed by atoms with Crippen LogP contribution in [0.1, 0.15) is 16.2 Å². The predicted octanol–water partition coefficient (Wildman–Crippen LogP) is 2.41. The van der Waals surface area contributed by atoms with Gasteiger partial charge in [0, 0.05) is 16.9 Å². The van der Waals surface area contributed by atoms with Crippen LogP contribution >= 0.6 is 11.8 Å². The molecule has 1 heterocycles. The number of rotatable bonds is 7. The Bertz CT molecular complexity index is 1000. The monoisotopic (exact) mass is 397 g/mol. The number of amides is 2. The number of aryl methyl sites for hydroxylation is 1. The number of nitrogens with zero attached hydrogens (tertiary/aromatic N) is 3. The average Bonchev–Trinajstić information content (AvgIpc) is 3.07. The summed E-state index contributed by atoms with van der Waals surface area (Å²) >= 11 is 1.26. The van der Waals surface area contributed by atoms with Crippen molar-refractivity contribution in [3.8, 4) is 11.4 Å². The number of nitrogens with two attached hydrogens (primary N) is 1. The number of hydrogen-bond acceptors (Lipinski definition) is 6. The van der Waals surface area contributed by atoms with E-state index in [0.717, 1.165) is 11.4 Å². The van der Waals surface area contributed by atoms with Gasteiger partial charge in [0.25, 0.3) is 0 Å². The fourth-order valence-electron chi connectivity index (χ4n) is 2.54. The second-order valence-electron chi connectivity index (χ2n) is 5.85. The Morgan fingerprint density at radius 1 is 1.18 bits per heavy atom. The summed E-state index contributed by atoms with van der Waals surface area (Å²) in [6, 6.07) is 14.0. The van der Waals surface area contributed by atoms with Gasteiger partial charge in [-0.25, -0.2) is 0 Å². The molecule has 0 fully saturated rings. The summed E-state index contributed by atoms with van der Waals surface area (Å²) in [4.78, 5) is 23.5. The number of nitrogens with one attached hydrogen (secondary N) is 1. The summed E-state index contributed by atoms with van der Waals surface area (Å²) < 4.78 is 7.04. The second kappa shape index (κ2) is 8.57. The number of carbonyl (C=O) groups excluding carboxylic acids is 2. The van der Waals surface area contributed by atoms with E-state index in [4.69, 9.17) is 10.5 Å². The number of primary amides is 1. The summed E-state index contributed by atoms with van der Waals surface area (Å²) in [6.07, 6.45) is 0. The molecule has 3 N–H and O–H groups in total. The first-order valence-corrected chi connectivity index (χ1v) is 9.35. The smallest absolute Gasteiger partial charge is 0.248 e. The molecule has 0 bridgehead atoms. The van der Waals surface area contributed by atoms with Crippen molar-refractivity contribution in [1.29, 1.82) is 0 Å². The summed E-state index contributed by atoms with van der Waals surface area (Å²) in [5.74, 6) is 0.820. The Labute approximate surface area is 166 Å². The lowest BCUT2D eigenvalue weighted by Gasteiger charge is -2.09. The molecule has 0 aliphatic rings. The molecule has 0 radical (unpaired) electrons. The number of thioether (sulfide) groups is 1. The van der Waals surface area contributed by atoms with E-state index in [2.05, 4.69) is 15.5 Å². The number of anilines is 1. The largest absolute Gasteiger partial charge is 0.497 e. The lowest BCUT2D eigenvalue weighted by atomic mass is 10.2. The highest BCUT2D eigenvalue weighted by atomic mass is 32.2. The molecule has 9 heteroatoms. The second-order valence-corrected chi connectivity index (χ2v) is 6.79. The Morgan fingerprint density at radius 3 is 2.61 bits per heavy atom. The lowest BCUT2D eigenvalue weighted by molar-refractivity contribution is -0.113. The highest BCUT2D eigenvalue weighted by Gasteiger charge is 2.14. The molecule has 1 aromatic heterocycles. The van der Waals surface area contributed by atoms with Crippen LogP contribution in [-0.2, 0) is 4.79 Å². The fraction of sp³-hybridized carbons (Fsp3) is 0.158. The fourth-order valence-corrected chi connectivity index (χ4v) is 3.34. The van der Waals surface area contributed by atoms with Crippen LogP contribution in [0.3, 0.4) is 0 Å². The van der Waals surface area contributed by atoms with Crippen molar-refractivity contribution in [2.45, 2.75) is 12.1 Å². The van der Waals surface area contributed by atoms with Gasteiger partial charge in [0.15, 0.2) is 5.16 Å². The van der Waals surface area contributed by atoms with Gasteiger partial charge in [-0.3, -0.25) is 14.2 Å². The minimum absolute atomic E-state index is 0.134. The molecule has 0 unspecified atom stereocenters. The maximum absolute atomic E-state index is 12.3. The molecule has 2 aromatic carbocycles. The zero-order chi connectivity index (χ0) is 20.1. The van der Waals surface area contributed by atoms with Gasteiger partial charge in [-0.1, -0.05) is 17.8 Å². The van der Waals surface area contributed by atoms with Crippen molar-refractivity contribution in [1.82, 2.24) is 14.8 Å². The molecular weight excluding hydrogens is 378 g/mol. The first kappa shape index (κ1) is 19.4. The molecule has 0 atom stereocenters. The van der Waals surface area contributed by atoms with Crippen molar-refractivity contribution in [3.63, 3.8) is 0 Å². The molecule has 2 amide bonds. The van der Waals surface area contributed by atoms with Crippen LogP contribution in [0.25, 0.3) is 5.69 Å². The molecular formula is C19H19N5O3S. The van der Waals surface area contributed by atoms with Crippen LogP contribution < -0.4 is 15.8 Å². The minimum atomic E-state index is -0.548. The quantitative estimate of drug-likeness (QED) is 0.592. The maximum atomic E-state index is 12.3. The molecule has 3 aromatic rings. The zero-order valence-corrected chi connectivity index (χ0v) is 16.2. The molecule has 0 aliphatic heterocycles. The van der Waals surface area contributed by atoms with E-state index in [1.807, 2.05) is 35.8 Å². The SMILES string of the molecule is COc1ccc(-n2c(C)nnc2SCC(=O)Nc2cccc(C(N)=O)c2)cc1. The van der Waals surface area contributed by atoms with Gasteiger partial charge in [-0.2, -0.15) is 0 Å². The van der Waals surface area contributed by atoms with E-state index in [0.29, 0.717) is 22.2 Å². The normalized spacial score (nSPS) is 10.5. The number of carbonyl (C=O) groups is 2. The summed E-state index contributed by atoms with van der Waals surface area (Å²) in [5, 5.41) is 11.6. The average molecular weight is 397 g/mol. The van der Waals surface area contributed by atoms with Crippen molar-refractivity contribution in [2.24, 2.45) is 5.73 Å². The van der Waals surface area contributed by atoms with Crippen LogP contribution in [0.2, 0.25) is 0 Å². The van der Waals surface area contributed by atoms with Gasteiger partial charge in [0.1, 0.15) is 11.6 Å². The van der Waals surface area contributed by atoms with Crippen LogP contribution in [-0.4, -0.2) is 39.4 Å². The summed E-state index contributed by atoms with van der Waals surface area (Å²) in [5.41, 5.74) is 6.98. The number of aromatic nitrogens is 3. The van der Waals surface area contributed by atoms with E-state index in [1.165, 1.54) is 17.8 Å². The maximum Gasteiger partial charge on any atom is 0.248 e. The Morgan fingerprint density at radius 2 is 1.93 bits per heavy atom. The van der Waals surface area contributed by atoms with Crippen LogP contribution in [0, 0.1) is 6.92 Å². The van der Waals surface area contributed by atoms with Crippen LogP contribution in [0.4, 0.5) is 5.69 Å². The Balaban J connectivity index is 1.68. The van der Waals surface area contributed by atoms with Crippen molar-refractivity contribution >= 4 is 29.3 Å². The molecule has 28 heavy (non-hydrogen) atoms. The van der Waals surface area contributed by atoms with E-state index in [-0.39, 0.29) is 11.7 Å². The van der Waals surface area contributed by atoms with Crippen molar-refractivity contribution in [3.05, 3.63) is 59.9 Å². The highest BCUT2D eigenvalue weighted by Crippen LogP contribution is 2.23. The molecule has 8 nitrogen and oxygen atoms in total. The first-order valence-electron chi connectivity index (χ1n) is 8.37. The third-order valence-corrected chi connectivity index (χ3v) is 4.82. The Kier molecular flexibility index (Phi) is 5.95. The van der Waals surface area contributed by atoms with E-state index in [1.54, 1.807) is 25.3 Å². The van der Waals surface area contributed by atoms with Crippen LogP contribution in [0.5, 0.6) is 5.75 Å². The molecule has 3 rings (SSSR count). The summed E-state index contributed by atoms with van der Waals surface area (Å²) in [7, 11) is 1.61. The topological polar surface area (TPSA) is 112 Å². The van der Waals surface area contributed by atoms with Gasteiger partial charge in [0.05, 0.1) is 12.9 Å². The number of methoxy groups -OCH3 is 1. The highest BCUT2D eigenvalue weighted by molar-refractivity contribution is 7.99. The lowest BCUT2D eigenvalue weighted by Crippen LogP contribution is -2.16. The number of ether oxygens (including phenoxy) is 1. The van der Waals surface area contributed by atoms with Crippen LogP contribution in [0.15, 0.2) is 53.7 Å². The third-order valence-electron chi connectivity index (χ3n) is 3.89. The zero-order valence-electron chi connectivity index (χ0n) is 15.4. The van der Waals surface area contributed by atoms with E-state index in [9.17, 15) is 9.59 Å². The van der Waals surface area contributed by atoms with Gasteiger partial charge >= 0.3 is 0 Å². The summed E-state index contributed by atoms with van der Waals surface area (Å²) in [6.45, 7) is 1.84. The first-order chi connectivity index (χ1) is 13.5. The van der Waals surface area contributed by atoms with E-state index >= 15 is 0 Å². The van der Waals surface area contributed by atoms with Gasteiger partial charge < -0.3 is 15.8 Å².